The molecule has 4 rings (SSSR count). The van der Waals surface area contributed by atoms with Crippen LogP contribution in [0, 0.1) is 0 Å². The van der Waals surface area contributed by atoms with Crippen LogP contribution in [0.4, 0.5) is 0 Å². The van der Waals surface area contributed by atoms with Gasteiger partial charge in [0.15, 0.2) is 0 Å². The van der Waals surface area contributed by atoms with Crippen molar-refractivity contribution in [1.82, 2.24) is 4.90 Å². The van der Waals surface area contributed by atoms with E-state index in [0.717, 1.165) is 18.1 Å². The van der Waals surface area contributed by atoms with Crippen LogP contribution in [0.5, 0.6) is 5.75 Å². The number of hydrogen-bond acceptors (Lipinski definition) is 3. The summed E-state index contributed by atoms with van der Waals surface area (Å²) in [5.41, 5.74) is 3.84. The topological polar surface area (TPSA) is 46.6 Å². The monoisotopic (exact) mass is 503 g/mol. The molecule has 4 aromatic rings. The molecule has 0 aliphatic heterocycles. The van der Waals surface area contributed by atoms with Crippen LogP contribution in [-0.4, -0.2) is 23.3 Å². The fraction of sp³-hybridized carbons (Fsp3) is 0.176. The number of para-hydroxylation sites is 1. The van der Waals surface area contributed by atoms with Gasteiger partial charge in [0, 0.05) is 29.7 Å². The molecule has 4 heteroatoms. The van der Waals surface area contributed by atoms with Crippen molar-refractivity contribution >= 4 is 11.9 Å². The highest BCUT2D eigenvalue weighted by Gasteiger charge is 2.29. The van der Waals surface area contributed by atoms with Crippen LogP contribution in [0.25, 0.3) is 0 Å². The molecule has 38 heavy (non-hydrogen) atoms. The Morgan fingerprint density at radius 3 is 1.87 bits per heavy atom. The predicted octanol–water partition coefficient (Wildman–Crippen LogP) is 7.59. The van der Waals surface area contributed by atoms with Gasteiger partial charge in [0.05, 0.1) is 6.04 Å². The zero-order valence-electron chi connectivity index (χ0n) is 21.7. The van der Waals surface area contributed by atoms with Crippen LogP contribution in [0.2, 0.25) is 0 Å². The first-order valence-electron chi connectivity index (χ1n) is 13.0. The van der Waals surface area contributed by atoms with Gasteiger partial charge >= 0.3 is 5.97 Å². The molecule has 0 fully saturated rings. The van der Waals surface area contributed by atoms with E-state index in [-0.39, 0.29) is 17.9 Å². The molecular formula is C34H33NO3. The van der Waals surface area contributed by atoms with Gasteiger partial charge in [0.25, 0.3) is 5.91 Å². The number of rotatable bonds is 11. The highest BCUT2D eigenvalue weighted by molar-refractivity contribution is 5.94. The van der Waals surface area contributed by atoms with Gasteiger partial charge < -0.3 is 9.64 Å². The number of nitrogens with zero attached hydrogens (tertiary/aromatic N) is 1. The molecule has 0 aromatic heterocycles. The Morgan fingerprint density at radius 1 is 0.789 bits per heavy atom. The maximum absolute atomic E-state index is 14.0. The maximum atomic E-state index is 14.0. The Balaban J connectivity index is 1.72. The first-order chi connectivity index (χ1) is 18.6. The van der Waals surface area contributed by atoms with Gasteiger partial charge in [-0.25, -0.2) is 4.79 Å². The summed E-state index contributed by atoms with van der Waals surface area (Å²) in [7, 11) is 0. The largest absolute Gasteiger partial charge is 0.423 e. The molecule has 0 heterocycles. The zero-order chi connectivity index (χ0) is 26.7. The molecule has 0 N–H and O–H groups in total. The summed E-state index contributed by atoms with van der Waals surface area (Å²) >= 11 is 0. The lowest BCUT2D eigenvalue weighted by Gasteiger charge is -2.34. The number of carbonyl (C=O) groups is 2. The van der Waals surface area contributed by atoms with E-state index in [9.17, 15) is 9.59 Å². The molecular weight excluding hydrogens is 470 g/mol. The van der Waals surface area contributed by atoms with E-state index in [1.165, 1.54) is 11.1 Å². The Labute approximate surface area is 225 Å². The number of hydrogen-bond donors (Lipinski definition) is 0. The van der Waals surface area contributed by atoms with Crippen LogP contribution in [0.15, 0.2) is 128 Å². The summed E-state index contributed by atoms with van der Waals surface area (Å²) < 4.78 is 5.58. The molecule has 0 radical (unpaired) electrons. The zero-order valence-corrected chi connectivity index (χ0v) is 21.7. The van der Waals surface area contributed by atoms with Crippen molar-refractivity contribution in [1.29, 1.82) is 0 Å². The van der Waals surface area contributed by atoms with Crippen molar-refractivity contribution in [3.63, 3.8) is 0 Å². The SMILES string of the molecule is C=CC(=O)Oc1ccccc1C(CC)N(CCC(c1ccccc1)c1ccccc1)C(=O)c1ccccc1. The van der Waals surface area contributed by atoms with Crippen LogP contribution < -0.4 is 4.74 Å². The summed E-state index contributed by atoms with van der Waals surface area (Å²) in [6, 6.07) is 37.3. The maximum Gasteiger partial charge on any atom is 0.335 e. The van der Waals surface area contributed by atoms with E-state index in [4.69, 9.17) is 4.74 Å². The molecule has 0 saturated heterocycles. The fourth-order valence-corrected chi connectivity index (χ4v) is 4.92. The lowest BCUT2D eigenvalue weighted by atomic mass is 9.88. The first kappa shape index (κ1) is 26.6. The minimum absolute atomic E-state index is 0.0535. The molecule has 1 amide bonds. The summed E-state index contributed by atoms with van der Waals surface area (Å²) in [6.07, 6.45) is 2.54. The second kappa shape index (κ2) is 13.2. The average Bonchev–Trinajstić information content (AvgIpc) is 2.98. The Hall–Kier alpha value is -4.44. The summed E-state index contributed by atoms with van der Waals surface area (Å²) in [5, 5.41) is 0. The molecule has 1 atom stereocenters. The van der Waals surface area contributed by atoms with Gasteiger partial charge in [-0.1, -0.05) is 111 Å². The van der Waals surface area contributed by atoms with Gasteiger partial charge in [0.1, 0.15) is 5.75 Å². The quantitative estimate of drug-likeness (QED) is 0.120. The van der Waals surface area contributed by atoms with E-state index in [2.05, 4.69) is 55.1 Å². The van der Waals surface area contributed by atoms with Crippen molar-refractivity contribution < 1.29 is 14.3 Å². The van der Waals surface area contributed by atoms with Crippen LogP contribution in [0.3, 0.4) is 0 Å². The van der Waals surface area contributed by atoms with Crippen molar-refractivity contribution in [3.05, 3.63) is 150 Å². The second-order valence-corrected chi connectivity index (χ2v) is 9.11. The van der Waals surface area contributed by atoms with Crippen molar-refractivity contribution in [2.24, 2.45) is 0 Å². The van der Waals surface area contributed by atoms with Crippen molar-refractivity contribution in [2.75, 3.05) is 6.54 Å². The number of benzene rings is 4. The molecule has 4 nitrogen and oxygen atoms in total. The lowest BCUT2D eigenvalue weighted by Crippen LogP contribution is -2.36. The normalized spacial score (nSPS) is 11.5. The third kappa shape index (κ3) is 6.46. The van der Waals surface area contributed by atoms with Crippen LogP contribution in [0.1, 0.15) is 58.8 Å². The molecule has 0 aliphatic carbocycles. The molecule has 0 spiro atoms. The predicted molar refractivity (Wildman–Crippen MR) is 152 cm³/mol. The Bertz CT molecular complexity index is 1300. The number of esters is 1. The first-order valence-corrected chi connectivity index (χ1v) is 13.0. The number of amides is 1. The molecule has 0 bridgehead atoms. The summed E-state index contributed by atoms with van der Waals surface area (Å²) in [6.45, 7) is 6.09. The minimum Gasteiger partial charge on any atom is -0.423 e. The van der Waals surface area contributed by atoms with Crippen LogP contribution >= 0.6 is 0 Å². The Morgan fingerprint density at radius 2 is 1.32 bits per heavy atom. The van der Waals surface area contributed by atoms with Crippen molar-refractivity contribution in [2.45, 2.75) is 31.7 Å². The fourth-order valence-electron chi connectivity index (χ4n) is 4.92. The number of carbonyl (C=O) groups excluding carboxylic acids is 2. The van der Waals surface area contributed by atoms with Gasteiger partial charge in [-0.15, -0.1) is 0 Å². The highest BCUT2D eigenvalue weighted by atomic mass is 16.5. The van der Waals surface area contributed by atoms with Gasteiger partial charge in [-0.05, 0) is 42.2 Å². The minimum atomic E-state index is -0.526. The van der Waals surface area contributed by atoms with E-state index in [1.54, 1.807) is 6.07 Å². The summed E-state index contributed by atoms with van der Waals surface area (Å²) in [5.74, 6) is -0.0174. The average molecular weight is 504 g/mol. The van der Waals surface area contributed by atoms with E-state index in [0.29, 0.717) is 24.3 Å². The molecule has 0 saturated carbocycles. The second-order valence-electron chi connectivity index (χ2n) is 9.11. The Kier molecular flexibility index (Phi) is 9.25. The standard InChI is InChI=1S/C34H33NO3/c1-3-31(30-22-14-15-23-32(30)38-33(36)4-2)35(34(37)28-20-12-7-13-21-28)25-24-29(26-16-8-5-9-17-26)27-18-10-6-11-19-27/h4-23,29,31H,2-3,24-25H2,1H3. The molecule has 1 unspecified atom stereocenters. The highest BCUT2D eigenvalue weighted by Crippen LogP contribution is 2.35. The van der Waals surface area contributed by atoms with E-state index >= 15 is 0 Å². The van der Waals surface area contributed by atoms with E-state index in [1.807, 2.05) is 72.5 Å². The smallest absolute Gasteiger partial charge is 0.335 e. The molecule has 192 valence electrons. The van der Waals surface area contributed by atoms with Gasteiger partial charge in [0.2, 0.25) is 0 Å². The van der Waals surface area contributed by atoms with E-state index < -0.39 is 5.97 Å². The molecule has 0 aliphatic rings. The van der Waals surface area contributed by atoms with Crippen LogP contribution in [-0.2, 0) is 4.79 Å². The third-order valence-electron chi connectivity index (χ3n) is 6.76. The third-order valence-corrected chi connectivity index (χ3v) is 6.76. The van der Waals surface area contributed by atoms with Gasteiger partial charge in [-0.3, -0.25) is 4.79 Å². The van der Waals surface area contributed by atoms with Gasteiger partial charge in [-0.2, -0.15) is 0 Å². The lowest BCUT2D eigenvalue weighted by molar-refractivity contribution is -0.129. The number of ether oxygens (including phenoxy) is 1. The molecule has 4 aromatic carbocycles. The summed E-state index contributed by atoms with van der Waals surface area (Å²) in [4.78, 5) is 28.0. The van der Waals surface area contributed by atoms with Crippen molar-refractivity contribution in [3.8, 4) is 5.75 Å².